The molecule has 3 nitrogen and oxygen atoms in total. The van der Waals surface area contributed by atoms with E-state index in [2.05, 4.69) is 41.2 Å². The highest BCUT2D eigenvalue weighted by atomic mass is 15.3. The number of nitrogens with one attached hydrogen (secondary N) is 1. The minimum atomic E-state index is 0.752. The van der Waals surface area contributed by atoms with Gasteiger partial charge in [0.1, 0.15) is 0 Å². The summed E-state index contributed by atoms with van der Waals surface area (Å²) in [6.07, 6.45) is 5.98. The molecule has 1 aromatic rings. The van der Waals surface area contributed by atoms with Crippen LogP contribution in [0.15, 0.2) is 12.3 Å². The molecule has 1 aliphatic rings. The third kappa shape index (κ3) is 3.67. The molecule has 0 aromatic carbocycles. The van der Waals surface area contributed by atoms with E-state index < -0.39 is 0 Å². The van der Waals surface area contributed by atoms with Gasteiger partial charge in [-0.25, -0.2) is 0 Å². The zero-order valence-electron chi connectivity index (χ0n) is 9.74. The fourth-order valence-corrected chi connectivity index (χ4v) is 1.55. The van der Waals surface area contributed by atoms with Crippen molar-refractivity contribution < 1.29 is 0 Å². The molecule has 1 fully saturated rings. The van der Waals surface area contributed by atoms with Crippen LogP contribution in [0.25, 0.3) is 0 Å². The van der Waals surface area contributed by atoms with Crippen molar-refractivity contribution in [1.82, 2.24) is 15.1 Å². The fourth-order valence-electron chi connectivity index (χ4n) is 1.55. The number of aryl methyl sites for hydroxylation is 1. The normalized spacial score (nSPS) is 16.2. The summed E-state index contributed by atoms with van der Waals surface area (Å²) in [4.78, 5) is 0. The quantitative estimate of drug-likeness (QED) is 0.775. The number of hydrogen-bond acceptors (Lipinski definition) is 2. The maximum atomic E-state index is 4.54. The van der Waals surface area contributed by atoms with Crippen LogP contribution in [0.3, 0.4) is 0 Å². The average molecular weight is 207 g/mol. The lowest BCUT2D eigenvalue weighted by atomic mass is 10.1. The van der Waals surface area contributed by atoms with Crippen molar-refractivity contribution >= 4 is 0 Å². The van der Waals surface area contributed by atoms with Crippen molar-refractivity contribution in [1.29, 1.82) is 0 Å². The predicted molar refractivity (Wildman–Crippen MR) is 61.5 cm³/mol. The van der Waals surface area contributed by atoms with Crippen LogP contribution in [-0.4, -0.2) is 15.8 Å². The molecule has 1 aliphatic carbocycles. The van der Waals surface area contributed by atoms with E-state index in [1.165, 1.54) is 25.0 Å². The van der Waals surface area contributed by atoms with Gasteiger partial charge < -0.3 is 5.32 Å². The number of hydrogen-bond donors (Lipinski definition) is 1. The van der Waals surface area contributed by atoms with E-state index in [-0.39, 0.29) is 0 Å². The fraction of sp³-hybridized carbons (Fsp3) is 0.750. The van der Waals surface area contributed by atoms with E-state index in [0.717, 1.165) is 25.0 Å². The van der Waals surface area contributed by atoms with Crippen LogP contribution in [0, 0.1) is 5.92 Å². The Hall–Kier alpha value is -0.830. The van der Waals surface area contributed by atoms with Gasteiger partial charge in [-0.1, -0.05) is 13.8 Å². The number of aromatic nitrogens is 2. The van der Waals surface area contributed by atoms with Gasteiger partial charge in [-0.3, -0.25) is 4.68 Å². The predicted octanol–water partition coefficient (Wildman–Crippen LogP) is 2.18. The highest BCUT2D eigenvalue weighted by Gasteiger charge is 2.20. The summed E-state index contributed by atoms with van der Waals surface area (Å²) in [5.74, 6) is 0.752. The first-order valence-electron chi connectivity index (χ1n) is 6.00. The van der Waals surface area contributed by atoms with E-state index in [0.29, 0.717) is 0 Å². The molecule has 1 heterocycles. The topological polar surface area (TPSA) is 29.9 Å². The van der Waals surface area contributed by atoms with Crippen molar-refractivity contribution in [3.05, 3.63) is 18.0 Å². The van der Waals surface area contributed by atoms with Gasteiger partial charge in [-0.05, 0) is 31.2 Å². The molecule has 2 rings (SSSR count). The standard InChI is InChI=1S/C12H21N3/c1-10(2)5-7-15-8-6-12(14-15)9-13-11-3-4-11/h6,8,10-11,13H,3-5,7,9H2,1-2H3. The van der Waals surface area contributed by atoms with Crippen molar-refractivity contribution in [2.45, 2.75) is 52.2 Å². The van der Waals surface area contributed by atoms with Crippen LogP contribution in [0.5, 0.6) is 0 Å². The molecule has 0 amide bonds. The maximum absolute atomic E-state index is 4.54. The zero-order chi connectivity index (χ0) is 10.7. The lowest BCUT2D eigenvalue weighted by Gasteiger charge is -2.04. The summed E-state index contributed by atoms with van der Waals surface area (Å²) in [6.45, 7) is 6.47. The van der Waals surface area contributed by atoms with Crippen LogP contribution in [0.4, 0.5) is 0 Å². The van der Waals surface area contributed by atoms with Gasteiger partial charge in [-0.15, -0.1) is 0 Å². The van der Waals surface area contributed by atoms with Gasteiger partial charge in [0.15, 0.2) is 0 Å². The van der Waals surface area contributed by atoms with E-state index in [9.17, 15) is 0 Å². The Balaban J connectivity index is 1.75. The molecular formula is C12H21N3. The van der Waals surface area contributed by atoms with Gasteiger partial charge in [0, 0.05) is 25.3 Å². The van der Waals surface area contributed by atoms with Crippen LogP contribution in [0.1, 0.15) is 38.8 Å². The smallest absolute Gasteiger partial charge is 0.0762 e. The summed E-state index contributed by atoms with van der Waals surface area (Å²) >= 11 is 0. The van der Waals surface area contributed by atoms with Gasteiger partial charge in [-0.2, -0.15) is 5.10 Å². The third-order valence-corrected chi connectivity index (χ3v) is 2.78. The molecule has 0 bridgehead atoms. The largest absolute Gasteiger partial charge is 0.308 e. The lowest BCUT2D eigenvalue weighted by molar-refractivity contribution is 0.482. The molecular weight excluding hydrogens is 186 g/mol. The van der Waals surface area contributed by atoms with Gasteiger partial charge in [0.25, 0.3) is 0 Å². The number of rotatable bonds is 6. The lowest BCUT2D eigenvalue weighted by Crippen LogP contribution is -2.16. The molecule has 15 heavy (non-hydrogen) atoms. The van der Waals surface area contributed by atoms with Crippen LogP contribution in [-0.2, 0) is 13.1 Å². The van der Waals surface area contributed by atoms with Crippen molar-refractivity contribution in [3.63, 3.8) is 0 Å². The summed E-state index contributed by atoms with van der Waals surface area (Å²) < 4.78 is 2.06. The Kier molecular flexibility index (Phi) is 3.41. The van der Waals surface area contributed by atoms with E-state index in [4.69, 9.17) is 0 Å². The summed E-state index contributed by atoms with van der Waals surface area (Å²) in [7, 11) is 0. The minimum Gasteiger partial charge on any atom is -0.308 e. The molecule has 0 unspecified atom stereocenters. The molecule has 0 aliphatic heterocycles. The maximum Gasteiger partial charge on any atom is 0.0762 e. The molecule has 84 valence electrons. The molecule has 0 spiro atoms. The first kappa shape index (κ1) is 10.7. The molecule has 3 heteroatoms. The summed E-state index contributed by atoms with van der Waals surface area (Å²) in [6, 6.07) is 2.89. The highest BCUT2D eigenvalue weighted by Crippen LogP contribution is 2.18. The monoisotopic (exact) mass is 207 g/mol. The van der Waals surface area contributed by atoms with Crippen molar-refractivity contribution in [3.8, 4) is 0 Å². The second-order valence-electron chi connectivity index (χ2n) is 4.91. The second-order valence-corrected chi connectivity index (χ2v) is 4.91. The Morgan fingerprint density at radius 2 is 2.33 bits per heavy atom. The van der Waals surface area contributed by atoms with Gasteiger partial charge >= 0.3 is 0 Å². The molecule has 1 saturated carbocycles. The SMILES string of the molecule is CC(C)CCn1ccc(CNC2CC2)n1. The Morgan fingerprint density at radius 3 is 3.00 bits per heavy atom. The van der Waals surface area contributed by atoms with E-state index in [1.54, 1.807) is 0 Å². The van der Waals surface area contributed by atoms with Crippen LogP contribution >= 0.6 is 0 Å². The van der Waals surface area contributed by atoms with Crippen LogP contribution < -0.4 is 5.32 Å². The van der Waals surface area contributed by atoms with Crippen molar-refractivity contribution in [2.75, 3.05) is 0 Å². The molecule has 1 N–H and O–H groups in total. The minimum absolute atomic E-state index is 0.752. The van der Waals surface area contributed by atoms with Crippen molar-refractivity contribution in [2.24, 2.45) is 5.92 Å². The molecule has 1 aromatic heterocycles. The number of nitrogens with zero attached hydrogens (tertiary/aromatic N) is 2. The summed E-state index contributed by atoms with van der Waals surface area (Å²) in [5, 5.41) is 8.01. The van der Waals surface area contributed by atoms with Crippen LogP contribution in [0.2, 0.25) is 0 Å². The first-order chi connectivity index (χ1) is 7.24. The molecule has 0 atom stereocenters. The van der Waals surface area contributed by atoms with Gasteiger partial charge in [0.2, 0.25) is 0 Å². The third-order valence-electron chi connectivity index (χ3n) is 2.78. The molecule has 0 radical (unpaired) electrons. The first-order valence-corrected chi connectivity index (χ1v) is 6.00. The highest BCUT2D eigenvalue weighted by molar-refractivity contribution is 4.99. The second kappa shape index (κ2) is 4.79. The Bertz CT molecular complexity index is 279. The Morgan fingerprint density at radius 1 is 1.53 bits per heavy atom. The zero-order valence-corrected chi connectivity index (χ0v) is 9.74. The Labute approximate surface area is 91.9 Å². The van der Waals surface area contributed by atoms with Gasteiger partial charge in [0.05, 0.1) is 5.69 Å². The van der Waals surface area contributed by atoms with E-state index in [1.807, 2.05) is 0 Å². The van der Waals surface area contributed by atoms with E-state index >= 15 is 0 Å². The average Bonchev–Trinajstić information content (AvgIpc) is 2.92. The molecule has 0 saturated heterocycles. The summed E-state index contributed by atoms with van der Waals surface area (Å²) in [5.41, 5.74) is 1.17.